The average Bonchev–Trinajstić information content (AvgIpc) is 2.11. The van der Waals surface area contributed by atoms with Crippen LogP contribution in [-0.4, -0.2) is 11.2 Å². The Balaban J connectivity index is 2.87. The summed E-state index contributed by atoms with van der Waals surface area (Å²) in [6, 6.07) is 5.96. The van der Waals surface area contributed by atoms with Crippen LogP contribution in [0.25, 0.3) is 0 Å². The van der Waals surface area contributed by atoms with Gasteiger partial charge in [-0.3, -0.25) is 4.79 Å². The monoisotopic (exact) mass is 353 g/mol. The molecule has 0 aliphatic heterocycles. The molecule has 0 fully saturated rings. The molecule has 1 amide bonds. The van der Waals surface area contributed by atoms with Gasteiger partial charge in [-0.25, -0.2) is 0 Å². The van der Waals surface area contributed by atoms with Gasteiger partial charge in [0.25, 0.3) is 0 Å². The number of carbonyl (C=O) groups excluding carboxylic acids is 1. The molecule has 0 atom stereocenters. The maximum atomic E-state index is 11.1. The van der Waals surface area contributed by atoms with E-state index in [9.17, 15) is 4.79 Å². The number of nitrogens with one attached hydrogen (secondary N) is 1. The first-order valence-electron chi connectivity index (χ1n) is 3.75. The summed E-state index contributed by atoms with van der Waals surface area (Å²) >= 11 is 5.32. The molecule has 0 saturated carbocycles. The fourth-order valence-corrected chi connectivity index (χ4v) is 1.54. The van der Waals surface area contributed by atoms with Crippen LogP contribution in [0.2, 0.25) is 0 Å². The molecule has 13 heavy (non-hydrogen) atoms. The van der Waals surface area contributed by atoms with Gasteiger partial charge in [-0.05, 0) is 47.2 Å². The first-order chi connectivity index (χ1) is 6.13. The summed E-state index contributed by atoms with van der Waals surface area (Å²) in [5.41, 5.74) is 1.96. The first kappa shape index (κ1) is 11.0. The van der Waals surface area contributed by atoms with Crippen molar-refractivity contribution in [3.63, 3.8) is 0 Å². The van der Waals surface area contributed by atoms with Crippen molar-refractivity contribution in [1.82, 2.24) is 0 Å². The third kappa shape index (κ3) is 3.27. The van der Waals surface area contributed by atoms with Crippen LogP contribution in [0.4, 0.5) is 5.69 Å². The zero-order chi connectivity index (χ0) is 9.84. The predicted octanol–water partition coefficient (Wildman–Crippen LogP) is 2.93. The second-order valence-electron chi connectivity index (χ2n) is 2.64. The van der Waals surface area contributed by atoms with E-state index in [1.54, 1.807) is 0 Å². The van der Waals surface area contributed by atoms with E-state index in [1.807, 2.05) is 25.1 Å². The molecule has 1 N–H and O–H groups in total. The average molecular weight is 354 g/mol. The van der Waals surface area contributed by atoms with Crippen LogP contribution in [0.15, 0.2) is 18.2 Å². The van der Waals surface area contributed by atoms with Crippen molar-refractivity contribution in [2.24, 2.45) is 0 Å². The van der Waals surface area contributed by atoms with Gasteiger partial charge in [-0.1, -0.05) is 22.0 Å². The summed E-state index contributed by atoms with van der Waals surface area (Å²) in [5, 5.41) is 3.14. The molecule has 0 spiro atoms. The van der Waals surface area contributed by atoms with Gasteiger partial charge in [0.05, 0.1) is 5.33 Å². The standard InChI is InChI=1S/C9H9BrINO/c1-6-2-3-7(11)4-8(6)12-9(13)5-10/h2-4H,5H2,1H3,(H,12,13). The number of hydrogen-bond acceptors (Lipinski definition) is 1. The van der Waals surface area contributed by atoms with Crippen LogP contribution >= 0.6 is 38.5 Å². The van der Waals surface area contributed by atoms with Gasteiger partial charge >= 0.3 is 0 Å². The van der Waals surface area contributed by atoms with Crippen LogP contribution in [0, 0.1) is 10.5 Å². The van der Waals surface area contributed by atoms with E-state index in [1.165, 1.54) is 0 Å². The van der Waals surface area contributed by atoms with Crippen molar-refractivity contribution >= 4 is 50.1 Å². The van der Waals surface area contributed by atoms with Crippen molar-refractivity contribution in [3.05, 3.63) is 27.3 Å². The lowest BCUT2D eigenvalue weighted by Crippen LogP contribution is -2.13. The van der Waals surface area contributed by atoms with Gasteiger partial charge in [0.2, 0.25) is 5.91 Å². The number of amides is 1. The molecule has 70 valence electrons. The molecule has 0 aliphatic carbocycles. The summed E-state index contributed by atoms with van der Waals surface area (Å²) in [4.78, 5) is 11.1. The molecule has 1 aromatic rings. The van der Waals surface area contributed by atoms with E-state index in [0.717, 1.165) is 14.8 Å². The van der Waals surface area contributed by atoms with Crippen molar-refractivity contribution in [2.75, 3.05) is 10.6 Å². The summed E-state index contributed by atoms with van der Waals surface area (Å²) in [7, 11) is 0. The van der Waals surface area contributed by atoms with Crippen molar-refractivity contribution < 1.29 is 4.79 Å². The SMILES string of the molecule is Cc1ccc(I)cc1NC(=O)CBr. The van der Waals surface area contributed by atoms with Gasteiger partial charge < -0.3 is 5.32 Å². The number of aryl methyl sites for hydroxylation is 1. The molecule has 0 heterocycles. The largest absolute Gasteiger partial charge is 0.325 e. The Bertz CT molecular complexity index is 327. The molecule has 4 heteroatoms. The summed E-state index contributed by atoms with van der Waals surface area (Å²) in [5.74, 6) is -0.0231. The van der Waals surface area contributed by atoms with E-state index in [2.05, 4.69) is 43.8 Å². The predicted molar refractivity (Wildman–Crippen MR) is 66.3 cm³/mol. The summed E-state index contributed by atoms with van der Waals surface area (Å²) in [6.45, 7) is 1.97. The van der Waals surface area contributed by atoms with Gasteiger partial charge in [0.1, 0.15) is 0 Å². The molecule has 1 rings (SSSR count). The number of hydrogen-bond donors (Lipinski definition) is 1. The Morgan fingerprint density at radius 1 is 1.62 bits per heavy atom. The highest BCUT2D eigenvalue weighted by Crippen LogP contribution is 2.17. The van der Waals surface area contributed by atoms with Crippen LogP contribution in [0.5, 0.6) is 0 Å². The number of alkyl halides is 1. The van der Waals surface area contributed by atoms with E-state index in [0.29, 0.717) is 5.33 Å². The molecule has 0 aromatic heterocycles. The number of halogens is 2. The second kappa shape index (κ2) is 4.95. The van der Waals surface area contributed by atoms with Crippen molar-refractivity contribution in [1.29, 1.82) is 0 Å². The van der Waals surface area contributed by atoms with E-state index >= 15 is 0 Å². The maximum absolute atomic E-state index is 11.1. The lowest BCUT2D eigenvalue weighted by molar-refractivity contribution is -0.113. The molecular weight excluding hydrogens is 345 g/mol. The Morgan fingerprint density at radius 2 is 2.31 bits per heavy atom. The molecule has 0 unspecified atom stereocenters. The third-order valence-electron chi connectivity index (χ3n) is 1.60. The quantitative estimate of drug-likeness (QED) is 0.642. The van der Waals surface area contributed by atoms with Crippen LogP contribution in [0.3, 0.4) is 0 Å². The highest BCUT2D eigenvalue weighted by atomic mass is 127. The zero-order valence-electron chi connectivity index (χ0n) is 7.10. The molecule has 1 aromatic carbocycles. The van der Waals surface area contributed by atoms with E-state index < -0.39 is 0 Å². The summed E-state index contributed by atoms with van der Waals surface area (Å²) in [6.07, 6.45) is 0. The molecule has 0 aliphatic rings. The minimum absolute atomic E-state index is 0.0231. The fraction of sp³-hybridized carbons (Fsp3) is 0.222. The highest BCUT2D eigenvalue weighted by Gasteiger charge is 2.02. The Hall–Kier alpha value is -0.100. The third-order valence-corrected chi connectivity index (χ3v) is 2.78. The maximum Gasteiger partial charge on any atom is 0.235 e. The smallest absolute Gasteiger partial charge is 0.235 e. The van der Waals surface area contributed by atoms with Crippen molar-refractivity contribution in [2.45, 2.75) is 6.92 Å². The zero-order valence-corrected chi connectivity index (χ0v) is 10.8. The van der Waals surface area contributed by atoms with Crippen LogP contribution < -0.4 is 5.32 Å². The fourth-order valence-electron chi connectivity index (χ4n) is 0.913. The van der Waals surface area contributed by atoms with Gasteiger partial charge in [0, 0.05) is 9.26 Å². The first-order valence-corrected chi connectivity index (χ1v) is 5.95. The minimum Gasteiger partial charge on any atom is -0.325 e. The molecular formula is C9H9BrINO. The Labute approximate surface area is 99.4 Å². The lowest BCUT2D eigenvalue weighted by atomic mass is 10.2. The number of carbonyl (C=O) groups is 1. The summed E-state index contributed by atoms with van der Waals surface area (Å²) < 4.78 is 1.12. The van der Waals surface area contributed by atoms with Crippen LogP contribution in [0.1, 0.15) is 5.56 Å². The van der Waals surface area contributed by atoms with Crippen molar-refractivity contribution in [3.8, 4) is 0 Å². The molecule has 2 nitrogen and oxygen atoms in total. The number of anilines is 1. The number of rotatable bonds is 2. The number of benzene rings is 1. The molecule has 0 saturated heterocycles. The van der Waals surface area contributed by atoms with Crippen LogP contribution in [-0.2, 0) is 4.79 Å². The Kier molecular flexibility index (Phi) is 4.18. The minimum atomic E-state index is -0.0231. The van der Waals surface area contributed by atoms with E-state index in [4.69, 9.17) is 0 Å². The second-order valence-corrected chi connectivity index (χ2v) is 4.45. The lowest BCUT2D eigenvalue weighted by Gasteiger charge is -2.06. The van der Waals surface area contributed by atoms with E-state index in [-0.39, 0.29) is 5.91 Å². The highest BCUT2D eigenvalue weighted by molar-refractivity contribution is 14.1. The topological polar surface area (TPSA) is 29.1 Å². The van der Waals surface area contributed by atoms with Gasteiger partial charge in [-0.2, -0.15) is 0 Å². The Morgan fingerprint density at radius 3 is 2.92 bits per heavy atom. The normalized spacial score (nSPS) is 9.77. The van der Waals surface area contributed by atoms with Gasteiger partial charge in [0.15, 0.2) is 0 Å². The molecule has 0 radical (unpaired) electrons. The molecule has 0 bridgehead atoms. The van der Waals surface area contributed by atoms with Gasteiger partial charge in [-0.15, -0.1) is 0 Å².